The van der Waals surface area contributed by atoms with Crippen molar-refractivity contribution in [1.29, 1.82) is 0 Å². The van der Waals surface area contributed by atoms with Gasteiger partial charge in [0.15, 0.2) is 11.5 Å². The van der Waals surface area contributed by atoms with E-state index in [4.69, 9.17) is 14.6 Å². The lowest BCUT2D eigenvalue weighted by Gasteiger charge is -2.15. The third-order valence-corrected chi connectivity index (χ3v) is 3.15. The number of hydrogen-bond donors (Lipinski definition) is 1. The molecule has 2 aromatic rings. The smallest absolute Gasteiger partial charge is 0.328 e. The minimum Gasteiger partial charge on any atom is -0.493 e. The summed E-state index contributed by atoms with van der Waals surface area (Å²) in [4.78, 5) is 18.9. The molecule has 6 nitrogen and oxygen atoms in total. The zero-order valence-electron chi connectivity index (χ0n) is 12.5. The van der Waals surface area contributed by atoms with Gasteiger partial charge in [-0.2, -0.15) is 0 Å². The van der Waals surface area contributed by atoms with Crippen molar-refractivity contribution in [2.45, 2.75) is 6.92 Å². The zero-order valence-corrected chi connectivity index (χ0v) is 12.5. The number of aliphatic carboxylic acids is 1. The Morgan fingerprint density at radius 2 is 1.86 bits per heavy atom. The second-order valence-corrected chi connectivity index (χ2v) is 4.55. The summed E-state index contributed by atoms with van der Waals surface area (Å²) in [7, 11) is 3.08. The molecule has 6 heteroatoms. The molecule has 1 aromatic carbocycles. The number of carbonyl (C=O) groups is 1. The van der Waals surface area contributed by atoms with Crippen LogP contribution in [0.5, 0.6) is 11.5 Å². The molecule has 1 heterocycles. The predicted molar refractivity (Wildman–Crippen MR) is 81.9 cm³/mol. The standard InChI is InChI=1S/C16H16N2O4/c1-10(4-15(19)20)11-5-13(12-7-17-9-18-8-12)16(22-3)14(6-11)21-2/h4-9H,1-3H3,(H,19,20)/b10-4+. The average Bonchev–Trinajstić information content (AvgIpc) is 2.53. The average molecular weight is 300 g/mol. The van der Waals surface area contributed by atoms with Crippen LogP contribution in [0, 0.1) is 0 Å². The molecule has 0 atom stereocenters. The summed E-state index contributed by atoms with van der Waals surface area (Å²) in [5.74, 6) is 0.0537. The first-order valence-electron chi connectivity index (χ1n) is 6.49. The molecule has 0 spiro atoms. The normalized spacial score (nSPS) is 11.1. The van der Waals surface area contributed by atoms with Gasteiger partial charge < -0.3 is 14.6 Å². The van der Waals surface area contributed by atoms with Crippen LogP contribution < -0.4 is 9.47 Å². The summed E-state index contributed by atoms with van der Waals surface area (Å²) in [6.07, 6.45) is 5.90. The van der Waals surface area contributed by atoms with E-state index in [-0.39, 0.29) is 0 Å². The van der Waals surface area contributed by atoms with Gasteiger partial charge in [0.1, 0.15) is 6.33 Å². The Labute approximate surface area is 128 Å². The van der Waals surface area contributed by atoms with Crippen molar-refractivity contribution in [1.82, 2.24) is 9.97 Å². The van der Waals surface area contributed by atoms with Gasteiger partial charge in [-0.15, -0.1) is 0 Å². The minimum atomic E-state index is -1.00. The molecule has 0 radical (unpaired) electrons. The third kappa shape index (κ3) is 3.22. The molecule has 1 N–H and O–H groups in total. The number of carboxylic acids is 1. The Bertz CT molecular complexity index is 712. The van der Waals surface area contributed by atoms with Crippen molar-refractivity contribution in [2.75, 3.05) is 14.2 Å². The molecule has 0 fully saturated rings. The first-order chi connectivity index (χ1) is 10.6. The highest BCUT2D eigenvalue weighted by Crippen LogP contribution is 2.40. The second kappa shape index (κ2) is 6.71. The van der Waals surface area contributed by atoms with E-state index in [1.54, 1.807) is 32.5 Å². The van der Waals surface area contributed by atoms with E-state index in [2.05, 4.69) is 9.97 Å². The largest absolute Gasteiger partial charge is 0.493 e. The van der Waals surface area contributed by atoms with Crippen LogP contribution in [-0.2, 0) is 4.79 Å². The van der Waals surface area contributed by atoms with Gasteiger partial charge in [0.05, 0.1) is 14.2 Å². The Balaban J connectivity index is 2.68. The summed E-state index contributed by atoms with van der Waals surface area (Å²) < 4.78 is 10.8. The van der Waals surface area contributed by atoms with Crippen LogP contribution in [-0.4, -0.2) is 35.3 Å². The maximum Gasteiger partial charge on any atom is 0.328 e. The molecule has 0 bridgehead atoms. The molecule has 22 heavy (non-hydrogen) atoms. The molecule has 0 amide bonds. The lowest BCUT2D eigenvalue weighted by Crippen LogP contribution is -1.97. The van der Waals surface area contributed by atoms with Crippen molar-refractivity contribution in [3.8, 4) is 22.6 Å². The monoisotopic (exact) mass is 300 g/mol. The summed E-state index contributed by atoms with van der Waals surface area (Å²) >= 11 is 0. The summed E-state index contributed by atoms with van der Waals surface area (Å²) in [5.41, 5.74) is 2.81. The van der Waals surface area contributed by atoms with E-state index in [9.17, 15) is 4.79 Å². The minimum absolute atomic E-state index is 0.511. The summed E-state index contributed by atoms with van der Waals surface area (Å²) in [6.45, 7) is 1.72. The number of benzene rings is 1. The maximum absolute atomic E-state index is 10.9. The summed E-state index contributed by atoms with van der Waals surface area (Å²) in [6, 6.07) is 3.57. The third-order valence-electron chi connectivity index (χ3n) is 3.15. The molecular formula is C16H16N2O4. The highest BCUT2D eigenvalue weighted by molar-refractivity contribution is 5.90. The Morgan fingerprint density at radius 1 is 1.18 bits per heavy atom. The van der Waals surface area contributed by atoms with Crippen LogP contribution in [0.25, 0.3) is 16.7 Å². The van der Waals surface area contributed by atoms with Crippen LogP contribution in [0.1, 0.15) is 12.5 Å². The molecule has 2 rings (SSSR count). The topological polar surface area (TPSA) is 81.5 Å². The van der Waals surface area contributed by atoms with Crippen molar-refractivity contribution < 1.29 is 19.4 Å². The van der Waals surface area contributed by atoms with E-state index < -0.39 is 5.97 Å². The van der Waals surface area contributed by atoms with Gasteiger partial charge in [0, 0.05) is 29.6 Å². The van der Waals surface area contributed by atoms with Crippen molar-refractivity contribution in [2.24, 2.45) is 0 Å². The van der Waals surface area contributed by atoms with Crippen molar-refractivity contribution in [3.63, 3.8) is 0 Å². The van der Waals surface area contributed by atoms with Gasteiger partial charge in [-0.05, 0) is 30.2 Å². The van der Waals surface area contributed by atoms with Crippen LogP contribution in [0.3, 0.4) is 0 Å². The fraction of sp³-hybridized carbons (Fsp3) is 0.188. The number of methoxy groups -OCH3 is 2. The van der Waals surface area contributed by atoms with E-state index in [1.807, 2.05) is 6.07 Å². The van der Waals surface area contributed by atoms with E-state index in [0.717, 1.165) is 22.8 Å². The Hall–Kier alpha value is -2.89. The van der Waals surface area contributed by atoms with Crippen LogP contribution in [0.4, 0.5) is 0 Å². The van der Waals surface area contributed by atoms with Gasteiger partial charge in [0.2, 0.25) is 0 Å². The summed E-state index contributed by atoms with van der Waals surface area (Å²) in [5, 5.41) is 8.91. The number of rotatable bonds is 5. The molecule has 0 aliphatic carbocycles. The zero-order chi connectivity index (χ0) is 16.1. The number of ether oxygens (including phenoxy) is 2. The quantitative estimate of drug-likeness (QED) is 0.855. The van der Waals surface area contributed by atoms with E-state index in [0.29, 0.717) is 17.1 Å². The van der Waals surface area contributed by atoms with Crippen LogP contribution in [0.15, 0.2) is 36.9 Å². The lowest BCUT2D eigenvalue weighted by molar-refractivity contribution is -0.131. The van der Waals surface area contributed by atoms with Crippen molar-refractivity contribution >= 4 is 11.5 Å². The molecule has 0 aliphatic rings. The molecule has 0 saturated heterocycles. The molecule has 114 valence electrons. The number of carboxylic acid groups (broad SMARTS) is 1. The Kier molecular flexibility index (Phi) is 4.73. The van der Waals surface area contributed by atoms with Gasteiger partial charge in [-0.1, -0.05) is 0 Å². The number of allylic oxidation sites excluding steroid dienone is 1. The fourth-order valence-electron chi connectivity index (χ4n) is 2.11. The first-order valence-corrected chi connectivity index (χ1v) is 6.49. The Morgan fingerprint density at radius 3 is 2.41 bits per heavy atom. The van der Waals surface area contributed by atoms with Gasteiger partial charge >= 0.3 is 5.97 Å². The van der Waals surface area contributed by atoms with Crippen LogP contribution in [0.2, 0.25) is 0 Å². The second-order valence-electron chi connectivity index (χ2n) is 4.55. The van der Waals surface area contributed by atoms with E-state index in [1.165, 1.54) is 13.4 Å². The van der Waals surface area contributed by atoms with Crippen LogP contribution >= 0.6 is 0 Å². The van der Waals surface area contributed by atoms with Gasteiger partial charge in [0.25, 0.3) is 0 Å². The highest BCUT2D eigenvalue weighted by Gasteiger charge is 2.15. The van der Waals surface area contributed by atoms with Crippen molar-refractivity contribution in [3.05, 3.63) is 42.5 Å². The molecular weight excluding hydrogens is 284 g/mol. The SMILES string of the molecule is COc1cc(/C(C)=C/C(=O)O)cc(-c2cncnc2)c1OC. The molecule has 0 unspecified atom stereocenters. The number of nitrogens with zero attached hydrogens (tertiary/aromatic N) is 2. The molecule has 0 aliphatic heterocycles. The first kappa shape index (κ1) is 15.5. The molecule has 1 aromatic heterocycles. The number of aromatic nitrogens is 2. The van der Waals surface area contributed by atoms with E-state index >= 15 is 0 Å². The predicted octanol–water partition coefficient (Wildman–Crippen LogP) is 2.65. The maximum atomic E-state index is 10.9. The van der Waals surface area contributed by atoms with Gasteiger partial charge in [-0.3, -0.25) is 0 Å². The fourth-order valence-corrected chi connectivity index (χ4v) is 2.11. The lowest BCUT2D eigenvalue weighted by atomic mass is 9.99. The van der Waals surface area contributed by atoms with Gasteiger partial charge in [-0.25, -0.2) is 14.8 Å². The number of hydrogen-bond acceptors (Lipinski definition) is 5. The molecule has 0 saturated carbocycles. The highest BCUT2D eigenvalue weighted by atomic mass is 16.5.